The summed E-state index contributed by atoms with van der Waals surface area (Å²) in [6.45, 7) is 1.89. The third-order valence-corrected chi connectivity index (χ3v) is 5.18. The van der Waals surface area contributed by atoms with E-state index < -0.39 is 5.97 Å². The van der Waals surface area contributed by atoms with Gasteiger partial charge in [-0.05, 0) is 60.5 Å². The molecule has 2 aromatic heterocycles. The maximum Gasteiger partial charge on any atom is 0.339 e. The van der Waals surface area contributed by atoms with Crippen molar-refractivity contribution in [1.82, 2.24) is 4.40 Å². The molecule has 4 aromatic rings. The average molecular weight is 400 g/mol. The Morgan fingerprint density at radius 1 is 1.03 bits per heavy atom. The van der Waals surface area contributed by atoms with E-state index in [1.54, 1.807) is 18.2 Å². The van der Waals surface area contributed by atoms with Gasteiger partial charge >= 0.3 is 5.97 Å². The third kappa shape index (κ3) is 3.08. The Hall–Kier alpha value is -4.06. The first-order valence-electron chi connectivity index (χ1n) is 9.34. The molecule has 0 aliphatic carbocycles. The number of hydrogen-bond acceptors (Lipinski definition) is 5. The topological polar surface area (TPSA) is 94.0 Å². The predicted octanol–water partition coefficient (Wildman–Crippen LogP) is 4.22. The number of benzene rings is 2. The number of aromatic nitrogens is 1. The Balaban J connectivity index is 1.92. The lowest BCUT2D eigenvalue weighted by atomic mass is 9.98. The number of methoxy groups -OCH3 is 1. The van der Waals surface area contributed by atoms with E-state index in [-0.39, 0.29) is 22.8 Å². The van der Waals surface area contributed by atoms with Gasteiger partial charge in [-0.25, -0.2) is 4.79 Å². The molecule has 0 amide bonds. The lowest BCUT2D eigenvalue weighted by Crippen LogP contribution is -2.11. The number of pyridine rings is 1. The minimum Gasteiger partial charge on any atom is -0.508 e. The summed E-state index contributed by atoms with van der Waals surface area (Å²) in [5.41, 5.74) is 10.6. The lowest BCUT2D eigenvalue weighted by molar-refractivity contribution is 0.0602. The van der Waals surface area contributed by atoms with Gasteiger partial charge in [0, 0.05) is 23.0 Å². The zero-order valence-electron chi connectivity index (χ0n) is 16.5. The monoisotopic (exact) mass is 400 g/mol. The van der Waals surface area contributed by atoms with Crippen LogP contribution in [0.1, 0.15) is 32.0 Å². The van der Waals surface area contributed by atoms with Gasteiger partial charge in [-0.2, -0.15) is 0 Å². The summed E-state index contributed by atoms with van der Waals surface area (Å²) in [5, 5.41) is 9.63. The van der Waals surface area contributed by atoms with Gasteiger partial charge in [0.2, 0.25) is 5.78 Å². The molecule has 4 rings (SSSR count). The summed E-state index contributed by atoms with van der Waals surface area (Å²) in [6.07, 6.45) is 1.83. The Morgan fingerprint density at radius 2 is 1.77 bits per heavy atom. The fraction of sp³-hybridized carbons (Fsp3) is 0.0833. The van der Waals surface area contributed by atoms with Crippen LogP contribution in [0.4, 0.5) is 5.69 Å². The lowest BCUT2D eigenvalue weighted by Gasteiger charge is -2.08. The number of hydrogen-bond donors (Lipinski definition) is 2. The Labute approximate surface area is 173 Å². The molecule has 0 aliphatic heterocycles. The van der Waals surface area contributed by atoms with E-state index in [1.165, 1.54) is 19.2 Å². The van der Waals surface area contributed by atoms with Crippen LogP contribution in [0.2, 0.25) is 0 Å². The van der Waals surface area contributed by atoms with Crippen molar-refractivity contribution in [3.05, 3.63) is 89.2 Å². The van der Waals surface area contributed by atoms with Gasteiger partial charge in [-0.15, -0.1) is 0 Å². The number of nitrogens with zero attached hydrogens (tertiary/aromatic N) is 1. The number of esters is 1. The van der Waals surface area contributed by atoms with E-state index in [2.05, 4.69) is 0 Å². The number of aromatic hydroxyl groups is 1. The van der Waals surface area contributed by atoms with Crippen molar-refractivity contribution in [2.45, 2.75) is 6.92 Å². The highest BCUT2D eigenvalue weighted by molar-refractivity contribution is 6.13. The number of nitrogens with two attached hydrogens (primary N) is 1. The molecule has 3 N–H and O–H groups in total. The number of fused-ring (bicyclic) bond motifs is 1. The molecule has 6 nitrogen and oxygen atoms in total. The number of phenols is 1. The number of ether oxygens (including phenoxy) is 1. The molecule has 0 bridgehead atoms. The normalized spacial score (nSPS) is 10.9. The van der Waals surface area contributed by atoms with Crippen molar-refractivity contribution in [2.24, 2.45) is 0 Å². The van der Waals surface area contributed by atoms with Crippen LogP contribution in [-0.4, -0.2) is 28.4 Å². The van der Waals surface area contributed by atoms with Gasteiger partial charge in [0.25, 0.3) is 0 Å². The molecule has 150 valence electrons. The van der Waals surface area contributed by atoms with Crippen molar-refractivity contribution in [3.63, 3.8) is 0 Å². The molecule has 0 saturated carbocycles. The van der Waals surface area contributed by atoms with E-state index in [0.29, 0.717) is 11.3 Å². The number of carbonyl (C=O) groups is 2. The maximum absolute atomic E-state index is 13.5. The summed E-state index contributed by atoms with van der Waals surface area (Å²) >= 11 is 0. The molecule has 0 radical (unpaired) electrons. The summed E-state index contributed by atoms with van der Waals surface area (Å²) in [6, 6.07) is 17.2. The van der Waals surface area contributed by atoms with Crippen molar-refractivity contribution in [3.8, 4) is 16.9 Å². The summed E-state index contributed by atoms with van der Waals surface area (Å²) in [4.78, 5) is 25.5. The van der Waals surface area contributed by atoms with Gasteiger partial charge in [0.1, 0.15) is 5.75 Å². The van der Waals surface area contributed by atoms with Crippen molar-refractivity contribution in [1.29, 1.82) is 0 Å². The fourth-order valence-corrected chi connectivity index (χ4v) is 3.73. The number of ketones is 1. The van der Waals surface area contributed by atoms with Crippen LogP contribution in [0.3, 0.4) is 0 Å². The molecule has 0 aliphatic rings. The number of phenolic OH excluding ortho intramolecular Hbond substituents is 1. The second-order valence-electron chi connectivity index (χ2n) is 6.97. The highest BCUT2D eigenvalue weighted by atomic mass is 16.5. The SMILES string of the molecule is COC(=O)c1cc(C(=O)c2c(C)c(-c3ccc(O)cc3)c3ccccn23)ccc1N. The van der Waals surface area contributed by atoms with Crippen LogP contribution in [0, 0.1) is 6.92 Å². The zero-order chi connectivity index (χ0) is 21.4. The highest BCUT2D eigenvalue weighted by Crippen LogP contribution is 2.35. The van der Waals surface area contributed by atoms with E-state index in [4.69, 9.17) is 10.5 Å². The first-order chi connectivity index (χ1) is 14.4. The van der Waals surface area contributed by atoms with Crippen molar-refractivity contribution in [2.75, 3.05) is 12.8 Å². The number of rotatable bonds is 4. The second kappa shape index (κ2) is 7.40. The highest BCUT2D eigenvalue weighted by Gasteiger charge is 2.23. The Kier molecular flexibility index (Phi) is 4.75. The molecule has 0 saturated heterocycles. The van der Waals surface area contributed by atoms with E-state index in [1.807, 2.05) is 47.9 Å². The molecule has 0 unspecified atom stereocenters. The molecule has 2 heterocycles. The first kappa shape index (κ1) is 19.3. The van der Waals surface area contributed by atoms with Gasteiger partial charge in [-0.1, -0.05) is 18.2 Å². The smallest absolute Gasteiger partial charge is 0.339 e. The van der Waals surface area contributed by atoms with E-state index >= 15 is 0 Å². The Morgan fingerprint density at radius 3 is 2.47 bits per heavy atom. The second-order valence-corrected chi connectivity index (χ2v) is 6.97. The van der Waals surface area contributed by atoms with Crippen LogP contribution in [0.25, 0.3) is 16.6 Å². The molecule has 0 spiro atoms. The Bertz CT molecular complexity index is 1290. The van der Waals surface area contributed by atoms with Crippen LogP contribution in [0.15, 0.2) is 66.9 Å². The van der Waals surface area contributed by atoms with Gasteiger partial charge in [0.05, 0.1) is 23.9 Å². The molecule has 6 heteroatoms. The standard InChI is InChI=1S/C24H20N2O4/c1-14-21(15-6-9-17(27)10-7-15)20-5-3-4-12-26(20)22(14)23(28)16-8-11-19(25)18(13-16)24(29)30-2/h3-13,27H,25H2,1-2H3. The predicted molar refractivity (Wildman–Crippen MR) is 115 cm³/mol. The summed E-state index contributed by atoms with van der Waals surface area (Å²) in [5.74, 6) is -0.652. The first-order valence-corrected chi connectivity index (χ1v) is 9.34. The molecule has 0 fully saturated rings. The summed E-state index contributed by atoms with van der Waals surface area (Å²) in [7, 11) is 1.27. The van der Waals surface area contributed by atoms with Crippen LogP contribution < -0.4 is 5.73 Å². The van der Waals surface area contributed by atoms with Gasteiger partial charge in [-0.3, -0.25) is 4.79 Å². The summed E-state index contributed by atoms with van der Waals surface area (Å²) < 4.78 is 6.61. The molecule has 0 atom stereocenters. The molecular weight excluding hydrogens is 380 g/mol. The van der Waals surface area contributed by atoms with Crippen molar-refractivity contribution < 1.29 is 19.4 Å². The largest absolute Gasteiger partial charge is 0.508 e. The van der Waals surface area contributed by atoms with Crippen LogP contribution >= 0.6 is 0 Å². The quantitative estimate of drug-likeness (QED) is 0.304. The molecular formula is C24H20N2O4. The van der Waals surface area contributed by atoms with Gasteiger partial charge in [0.15, 0.2) is 0 Å². The fourth-order valence-electron chi connectivity index (χ4n) is 3.73. The number of nitrogen functional groups attached to an aromatic ring is 1. The average Bonchev–Trinajstić information content (AvgIpc) is 3.05. The number of carbonyl (C=O) groups excluding carboxylic acids is 2. The van der Waals surface area contributed by atoms with Crippen LogP contribution in [-0.2, 0) is 4.74 Å². The molecule has 2 aromatic carbocycles. The zero-order valence-corrected chi connectivity index (χ0v) is 16.5. The minimum absolute atomic E-state index is 0.153. The molecule has 30 heavy (non-hydrogen) atoms. The maximum atomic E-state index is 13.5. The minimum atomic E-state index is -0.594. The van der Waals surface area contributed by atoms with E-state index in [9.17, 15) is 14.7 Å². The van der Waals surface area contributed by atoms with Gasteiger partial charge < -0.3 is 20.0 Å². The van der Waals surface area contributed by atoms with Crippen LogP contribution in [0.5, 0.6) is 5.75 Å². The third-order valence-electron chi connectivity index (χ3n) is 5.18. The van der Waals surface area contributed by atoms with E-state index in [0.717, 1.165) is 22.2 Å². The van der Waals surface area contributed by atoms with Crippen molar-refractivity contribution >= 4 is 23.0 Å². The number of anilines is 1.